The van der Waals surface area contributed by atoms with Gasteiger partial charge in [0, 0.05) is 24.2 Å². The standard InChI is InChI=1S/C16H25FN2O/c1-11-8-9-16(20-11)15(10-18)19(3)12(2)13-6-4-5-7-14(13)17/h4-7,11-12,15-16H,8-10,18H2,1-3H3. The van der Waals surface area contributed by atoms with E-state index < -0.39 is 0 Å². The lowest BCUT2D eigenvalue weighted by atomic mass is 10.0. The first-order valence-electron chi connectivity index (χ1n) is 7.36. The number of likely N-dealkylation sites (N-methyl/N-ethyl adjacent to an activating group) is 1. The van der Waals surface area contributed by atoms with Gasteiger partial charge >= 0.3 is 0 Å². The summed E-state index contributed by atoms with van der Waals surface area (Å²) in [5, 5.41) is 0. The number of halogens is 1. The van der Waals surface area contributed by atoms with Crippen molar-refractivity contribution in [2.75, 3.05) is 13.6 Å². The molecule has 4 heteroatoms. The Bertz CT molecular complexity index is 440. The molecule has 2 rings (SSSR count). The molecule has 20 heavy (non-hydrogen) atoms. The topological polar surface area (TPSA) is 38.5 Å². The summed E-state index contributed by atoms with van der Waals surface area (Å²) in [6.07, 6.45) is 2.54. The summed E-state index contributed by atoms with van der Waals surface area (Å²) in [6, 6.07) is 7.02. The molecule has 4 atom stereocenters. The molecule has 1 heterocycles. The van der Waals surface area contributed by atoms with Crippen LogP contribution in [0.5, 0.6) is 0 Å². The zero-order valence-corrected chi connectivity index (χ0v) is 12.6. The fourth-order valence-corrected chi connectivity index (χ4v) is 3.02. The summed E-state index contributed by atoms with van der Waals surface area (Å²) in [7, 11) is 2.00. The Kier molecular flexibility index (Phi) is 5.13. The summed E-state index contributed by atoms with van der Waals surface area (Å²) in [6.45, 7) is 4.63. The highest BCUT2D eigenvalue weighted by Crippen LogP contribution is 2.29. The van der Waals surface area contributed by atoms with E-state index in [2.05, 4.69) is 11.8 Å². The average Bonchev–Trinajstić information content (AvgIpc) is 2.85. The molecule has 1 aromatic carbocycles. The first-order chi connectivity index (χ1) is 9.54. The monoisotopic (exact) mass is 280 g/mol. The van der Waals surface area contributed by atoms with Crippen molar-refractivity contribution in [1.29, 1.82) is 0 Å². The molecule has 1 aliphatic heterocycles. The second-order valence-electron chi connectivity index (χ2n) is 5.73. The number of nitrogens with zero attached hydrogens (tertiary/aromatic N) is 1. The van der Waals surface area contributed by atoms with Crippen LogP contribution in [-0.2, 0) is 4.74 Å². The molecule has 112 valence electrons. The van der Waals surface area contributed by atoms with E-state index in [-0.39, 0.29) is 24.0 Å². The van der Waals surface area contributed by atoms with E-state index in [1.165, 1.54) is 6.07 Å². The van der Waals surface area contributed by atoms with Gasteiger partial charge in [-0.05, 0) is 39.8 Å². The summed E-state index contributed by atoms with van der Waals surface area (Å²) < 4.78 is 19.9. The Morgan fingerprint density at radius 2 is 2.10 bits per heavy atom. The van der Waals surface area contributed by atoms with Crippen molar-refractivity contribution < 1.29 is 9.13 Å². The van der Waals surface area contributed by atoms with Crippen molar-refractivity contribution in [2.45, 2.75) is 51.0 Å². The zero-order valence-electron chi connectivity index (χ0n) is 12.6. The third-order valence-corrected chi connectivity index (χ3v) is 4.42. The van der Waals surface area contributed by atoms with E-state index in [1.54, 1.807) is 6.07 Å². The molecule has 1 aromatic rings. The summed E-state index contributed by atoms with van der Waals surface area (Å²) in [5.41, 5.74) is 6.65. The van der Waals surface area contributed by atoms with E-state index in [4.69, 9.17) is 10.5 Å². The average molecular weight is 280 g/mol. The SMILES string of the molecule is CC1CCC(C(CN)N(C)C(C)c2ccccc2F)O1. The molecule has 3 nitrogen and oxygen atoms in total. The molecule has 0 amide bonds. The maximum Gasteiger partial charge on any atom is 0.127 e. The van der Waals surface area contributed by atoms with Crippen molar-refractivity contribution in [3.63, 3.8) is 0 Å². The van der Waals surface area contributed by atoms with E-state index in [0.717, 1.165) is 12.8 Å². The normalized spacial score (nSPS) is 25.9. The van der Waals surface area contributed by atoms with Crippen molar-refractivity contribution >= 4 is 0 Å². The number of hydrogen-bond acceptors (Lipinski definition) is 3. The molecule has 0 bridgehead atoms. The van der Waals surface area contributed by atoms with Crippen LogP contribution in [0.2, 0.25) is 0 Å². The highest BCUT2D eigenvalue weighted by molar-refractivity contribution is 5.21. The Balaban J connectivity index is 2.12. The van der Waals surface area contributed by atoms with Gasteiger partial charge in [-0.15, -0.1) is 0 Å². The van der Waals surface area contributed by atoms with Gasteiger partial charge in [-0.2, -0.15) is 0 Å². The number of ether oxygens (including phenoxy) is 1. The second-order valence-corrected chi connectivity index (χ2v) is 5.73. The van der Waals surface area contributed by atoms with Crippen LogP contribution in [0.25, 0.3) is 0 Å². The minimum Gasteiger partial charge on any atom is -0.374 e. The first kappa shape index (κ1) is 15.4. The molecule has 2 N–H and O–H groups in total. The molecule has 0 radical (unpaired) electrons. The molecule has 0 aromatic heterocycles. The van der Waals surface area contributed by atoms with Gasteiger partial charge < -0.3 is 10.5 Å². The predicted octanol–water partition coefficient (Wildman–Crippen LogP) is 2.71. The molecule has 4 unspecified atom stereocenters. The number of nitrogens with two attached hydrogens (primary N) is 1. The fourth-order valence-electron chi connectivity index (χ4n) is 3.02. The van der Waals surface area contributed by atoms with E-state index in [0.29, 0.717) is 18.2 Å². The van der Waals surface area contributed by atoms with Crippen molar-refractivity contribution in [2.24, 2.45) is 5.73 Å². The minimum atomic E-state index is -0.164. The van der Waals surface area contributed by atoms with Gasteiger partial charge in [0.05, 0.1) is 12.2 Å². The van der Waals surface area contributed by atoms with Gasteiger partial charge in [-0.1, -0.05) is 18.2 Å². The largest absolute Gasteiger partial charge is 0.374 e. The van der Waals surface area contributed by atoms with Gasteiger partial charge in [0.2, 0.25) is 0 Å². The van der Waals surface area contributed by atoms with Crippen LogP contribution >= 0.6 is 0 Å². The third-order valence-electron chi connectivity index (χ3n) is 4.42. The van der Waals surface area contributed by atoms with Crippen LogP contribution in [0.4, 0.5) is 4.39 Å². The summed E-state index contributed by atoms with van der Waals surface area (Å²) >= 11 is 0. The quantitative estimate of drug-likeness (QED) is 0.901. The van der Waals surface area contributed by atoms with Crippen molar-refractivity contribution in [1.82, 2.24) is 4.90 Å². The van der Waals surface area contributed by atoms with Crippen LogP contribution in [0.3, 0.4) is 0 Å². The summed E-state index contributed by atoms with van der Waals surface area (Å²) in [5.74, 6) is -0.164. The molecule has 1 aliphatic rings. The maximum atomic E-state index is 13.9. The molecule has 1 fully saturated rings. The van der Waals surface area contributed by atoms with Gasteiger partial charge in [0.1, 0.15) is 5.82 Å². The lowest BCUT2D eigenvalue weighted by molar-refractivity contribution is -0.00729. The number of hydrogen-bond donors (Lipinski definition) is 1. The van der Waals surface area contributed by atoms with Crippen molar-refractivity contribution in [3.05, 3.63) is 35.6 Å². The zero-order chi connectivity index (χ0) is 14.7. The summed E-state index contributed by atoms with van der Waals surface area (Å²) in [4.78, 5) is 2.14. The Labute approximate surface area is 120 Å². The molecular formula is C16H25FN2O. The van der Waals surface area contributed by atoms with Crippen LogP contribution in [0.15, 0.2) is 24.3 Å². The van der Waals surface area contributed by atoms with Gasteiger partial charge in [0.25, 0.3) is 0 Å². The molecular weight excluding hydrogens is 255 g/mol. The number of benzene rings is 1. The lowest BCUT2D eigenvalue weighted by Gasteiger charge is -2.36. The van der Waals surface area contributed by atoms with E-state index in [1.807, 2.05) is 26.1 Å². The molecule has 0 spiro atoms. The Morgan fingerprint density at radius 3 is 2.65 bits per heavy atom. The molecule has 0 aliphatic carbocycles. The molecule has 1 saturated heterocycles. The van der Waals surface area contributed by atoms with Crippen LogP contribution in [0, 0.1) is 5.82 Å². The van der Waals surface area contributed by atoms with E-state index >= 15 is 0 Å². The van der Waals surface area contributed by atoms with Gasteiger partial charge in [0.15, 0.2) is 0 Å². The van der Waals surface area contributed by atoms with Gasteiger partial charge in [-0.3, -0.25) is 4.90 Å². The Morgan fingerprint density at radius 1 is 1.40 bits per heavy atom. The minimum absolute atomic E-state index is 0.0238. The fraction of sp³-hybridized carbons (Fsp3) is 0.625. The van der Waals surface area contributed by atoms with Crippen molar-refractivity contribution in [3.8, 4) is 0 Å². The molecule has 0 saturated carbocycles. The van der Waals surface area contributed by atoms with Crippen LogP contribution < -0.4 is 5.73 Å². The van der Waals surface area contributed by atoms with Crippen LogP contribution in [0.1, 0.15) is 38.3 Å². The lowest BCUT2D eigenvalue weighted by Crippen LogP contribution is -2.47. The maximum absolute atomic E-state index is 13.9. The smallest absolute Gasteiger partial charge is 0.127 e. The first-order valence-corrected chi connectivity index (χ1v) is 7.36. The highest BCUT2D eigenvalue weighted by Gasteiger charge is 2.33. The van der Waals surface area contributed by atoms with Crippen LogP contribution in [-0.4, -0.2) is 36.7 Å². The number of rotatable bonds is 5. The third kappa shape index (κ3) is 3.19. The highest BCUT2D eigenvalue weighted by atomic mass is 19.1. The van der Waals surface area contributed by atoms with E-state index in [9.17, 15) is 4.39 Å². The Hall–Kier alpha value is -0.970. The second kappa shape index (κ2) is 6.66. The van der Waals surface area contributed by atoms with Gasteiger partial charge in [-0.25, -0.2) is 4.39 Å². The predicted molar refractivity (Wildman–Crippen MR) is 79.0 cm³/mol.